The SMILES string of the molecule is COCCn1cc([C@@H]2OCC[C@H]2N)cn1.Cl.Cl. The minimum atomic E-state index is 0. The number of nitrogens with zero attached hydrogens (tertiary/aromatic N) is 2. The van der Waals surface area contributed by atoms with Gasteiger partial charge in [0.05, 0.1) is 19.3 Å². The van der Waals surface area contributed by atoms with E-state index in [4.69, 9.17) is 15.2 Å². The van der Waals surface area contributed by atoms with E-state index in [9.17, 15) is 0 Å². The third-order valence-electron chi connectivity index (χ3n) is 2.64. The molecule has 2 rings (SSSR count). The highest BCUT2D eigenvalue weighted by Crippen LogP contribution is 2.26. The van der Waals surface area contributed by atoms with Gasteiger partial charge in [0.2, 0.25) is 0 Å². The van der Waals surface area contributed by atoms with E-state index in [2.05, 4.69) is 5.10 Å². The highest BCUT2D eigenvalue weighted by molar-refractivity contribution is 5.85. The van der Waals surface area contributed by atoms with Crippen molar-refractivity contribution < 1.29 is 9.47 Å². The number of aromatic nitrogens is 2. The molecule has 0 radical (unpaired) electrons. The van der Waals surface area contributed by atoms with E-state index in [-0.39, 0.29) is 37.0 Å². The molecule has 5 nitrogen and oxygen atoms in total. The van der Waals surface area contributed by atoms with Crippen molar-refractivity contribution in [2.75, 3.05) is 20.3 Å². The summed E-state index contributed by atoms with van der Waals surface area (Å²) in [5.74, 6) is 0. The molecule has 1 fully saturated rings. The lowest BCUT2D eigenvalue weighted by molar-refractivity contribution is 0.105. The van der Waals surface area contributed by atoms with Gasteiger partial charge in [0.15, 0.2) is 0 Å². The molecule has 7 heteroatoms. The molecule has 0 aliphatic carbocycles. The molecule has 0 amide bonds. The average Bonchev–Trinajstić information content (AvgIpc) is 2.83. The number of methoxy groups -OCH3 is 1. The maximum absolute atomic E-state index is 5.93. The minimum Gasteiger partial charge on any atom is -0.383 e. The lowest BCUT2D eigenvalue weighted by atomic mass is 10.1. The van der Waals surface area contributed by atoms with Gasteiger partial charge in [0.25, 0.3) is 0 Å². The predicted molar refractivity (Wildman–Crippen MR) is 69.9 cm³/mol. The maximum atomic E-state index is 5.93. The van der Waals surface area contributed by atoms with Crippen molar-refractivity contribution in [1.29, 1.82) is 0 Å². The van der Waals surface area contributed by atoms with Crippen LogP contribution in [0.2, 0.25) is 0 Å². The Kier molecular flexibility index (Phi) is 7.74. The van der Waals surface area contributed by atoms with Gasteiger partial charge in [-0.3, -0.25) is 4.68 Å². The molecule has 1 saturated heterocycles. The van der Waals surface area contributed by atoms with E-state index in [0.29, 0.717) is 6.61 Å². The van der Waals surface area contributed by atoms with Crippen molar-refractivity contribution in [3.05, 3.63) is 18.0 Å². The Bertz CT molecular complexity index is 322. The van der Waals surface area contributed by atoms with E-state index >= 15 is 0 Å². The molecule has 1 aromatic heterocycles. The molecular formula is C10H19Cl2N3O2. The van der Waals surface area contributed by atoms with Gasteiger partial charge in [0.1, 0.15) is 6.10 Å². The van der Waals surface area contributed by atoms with Gasteiger partial charge >= 0.3 is 0 Å². The highest BCUT2D eigenvalue weighted by Gasteiger charge is 2.27. The number of rotatable bonds is 4. The number of hydrogen-bond acceptors (Lipinski definition) is 4. The molecule has 100 valence electrons. The van der Waals surface area contributed by atoms with E-state index in [1.165, 1.54) is 0 Å². The molecule has 1 aromatic rings. The van der Waals surface area contributed by atoms with Gasteiger partial charge < -0.3 is 15.2 Å². The molecule has 0 spiro atoms. The monoisotopic (exact) mass is 283 g/mol. The van der Waals surface area contributed by atoms with Crippen molar-refractivity contribution in [3.8, 4) is 0 Å². The zero-order valence-electron chi connectivity index (χ0n) is 9.74. The summed E-state index contributed by atoms with van der Waals surface area (Å²) in [6.07, 6.45) is 4.75. The van der Waals surface area contributed by atoms with Crippen LogP contribution >= 0.6 is 24.8 Å². The third-order valence-corrected chi connectivity index (χ3v) is 2.64. The topological polar surface area (TPSA) is 62.3 Å². The fourth-order valence-electron chi connectivity index (χ4n) is 1.78. The predicted octanol–water partition coefficient (Wildman–Crippen LogP) is 1.16. The summed E-state index contributed by atoms with van der Waals surface area (Å²) >= 11 is 0. The molecule has 0 aromatic carbocycles. The fraction of sp³-hybridized carbons (Fsp3) is 0.700. The summed E-state index contributed by atoms with van der Waals surface area (Å²) < 4.78 is 12.4. The van der Waals surface area contributed by atoms with Crippen molar-refractivity contribution in [2.45, 2.75) is 25.1 Å². The molecule has 2 N–H and O–H groups in total. The summed E-state index contributed by atoms with van der Waals surface area (Å²) in [7, 11) is 1.68. The van der Waals surface area contributed by atoms with E-state index < -0.39 is 0 Å². The van der Waals surface area contributed by atoms with Gasteiger partial charge in [-0.25, -0.2) is 0 Å². The first kappa shape index (κ1) is 16.7. The lowest BCUT2D eigenvalue weighted by Gasteiger charge is -2.11. The Morgan fingerprint density at radius 3 is 2.94 bits per heavy atom. The smallest absolute Gasteiger partial charge is 0.101 e. The van der Waals surface area contributed by atoms with Gasteiger partial charge in [-0.05, 0) is 6.42 Å². The average molecular weight is 284 g/mol. The highest BCUT2D eigenvalue weighted by atomic mass is 35.5. The van der Waals surface area contributed by atoms with Gasteiger partial charge in [-0.1, -0.05) is 0 Å². The van der Waals surface area contributed by atoms with Crippen molar-refractivity contribution >= 4 is 24.8 Å². The molecule has 0 bridgehead atoms. The van der Waals surface area contributed by atoms with Crippen LogP contribution in [0.25, 0.3) is 0 Å². The van der Waals surface area contributed by atoms with E-state index in [0.717, 1.165) is 25.1 Å². The Balaban J connectivity index is 0.00000128. The van der Waals surface area contributed by atoms with Crippen LogP contribution in [-0.4, -0.2) is 36.1 Å². The van der Waals surface area contributed by atoms with Gasteiger partial charge in [-0.15, -0.1) is 24.8 Å². The summed E-state index contributed by atoms with van der Waals surface area (Å²) in [5, 5.41) is 4.23. The van der Waals surface area contributed by atoms with Crippen molar-refractivity contribution in [1.82, 2.24) is 9.78 Å². The van der Waals surface area contributed by atoms with Crippen LogP contribution in [0.4, 0.5) is 0 Å². The Hall–Kier alpha value is -0.330. The van der Waals surface area contributed by atoms with Crippen LogP contribution in [0, 0.1) is 0 Å². The largest absolute Gasteiger partial charge is 0.383 e. The van der Waals surface area contributed by atoms with Crippen molar-refractivity contribution in [2.24, 2.45) is 5.73 Å². The summed E-state index contributed by atoms with van der Waals surface area (Å²) in [6, 6.07) is 0.102. The standard InChI is InChI=1S/C10H17N3O2.2ClH/c1-14-5-3-13-7-8(6-12-13)10-9(11)2-4-15-10;;/h6-7,9-10H,2-5,11H2,1H3;2*1H/t9-,10+;;/m1../s1. The zero-order valence-corrected chi connectivity index (χ0v) is 11.4. The molecular weight excluding hydrogens is 265 g/mol. The van der Waals surface area contributed by atoms with Crippen LogP contribution in [0.3, 0.4) is 0 Å². The molecule has 1 aliphatic heterocycles. The van der Waals surface area contributed by atoms with Crippen LogP contribution in [0.5, 0.6) is 0 Å². The van der Waals surface area contributed by atoms with E-state index in [1.54, 1.807) is 7.11 Å². The van der Waals surface area contributed by atoms with Crippen LogP contribution in [-0.2, 0) is 16.0 Å². The lowest BCUT2D eigenvalue weighted by Crippen LogP contribution is -2.23. The second kappa shape index (κ2) is 7.89. The fourth-order valence-corrected chi connectivity index (χ4v) is 1.78. The molecule has 0 unspecified atom stereocenters. The van der Waals surface area contributed by atoms with Gasteiger partial charge in [-0.2, -0.15) is 5.10 Å². The van der Waals surface area contributed by atoms with Crippen LogP contribution in [0.15, 0.2) is 12.4 Å². The number of hydrogen-bond donors (Lipinski definition) is 1. The second-order valence-electron chi connectivity index (χ2n) is 3.77. The first-order valence-corrected chi connectivity index (χ1v) is 5.19. The van der Waals surface area contributed by atoms with E-state index in [1.807, 2.05) is 17.1 Å². The zero-order chi connectivity index (χ0) is 10.7. The Morgan fingerprint density at radius 2 is 2.35 bits per heavy atom. The normalized spacial score (nSPS) is 22.9. The summed E-state index contributed by atoms with van der Waals surface area (Å²) in [5.41, 5.74) is 7.00. The quantitative estimate of drug-likeness (QED) is 0.901. The molecule has 2 heterocycles. The Morgan fingerprint density at radius 1 is 1.59 bits per heavy atom. The van der Waals surface area contributed by atoms with Crippen molar-refractivity contribution in [3.63, 3.8) is 0 Å². The summed E-state index contributed by atoms with van der Waals surface area (Å²) in [6.45, 7) is 2.17. The molecule has 2 atom stereocenters. The maximum Gasteiger partial charge on any atom is 0.101 e. The number of ether oxygens (including phenoxy) is 2. The summed E-state index contributed by atoms with van der Waals surface area (Å²) in [4.78, 5) is 0. The molecule has 17 heavy (non-hydrogen) atoms. The number of halogens is 2. The second-order valence-corrected chi connectivity index (χ2v) is 3.77. The third kappa shape index (κ3) is 4.12. The molecule has 0 saturated carbocycles. The first-order chi connectivity index (χ1) is 7.31. The van der Waals surface area contributed by atoms with Crippen LogP contribution in [0.1, 0.15) is 18.1 Å². The number of nitrogens with two attached hydrogens (primary N) is 1. The first-order valence-electron chi connectivity index (χ1n) is 5.19. The van der Waals surface area contributed by atoms with Crippen LogP contribution < -0.4 is 5.73 Å². The van der Waals surface area contributed by atoms with Gasteiger partial charge in [0, 0.05) is 31.5 Å². The molecule has 1 aliphatic rings. The minimum absolute atomic E-state index is 0. The Labute approximate surface area is 113 Å².